The maximum absolute atomic E-state index is 12.7. The monoisotopic (exact) mass is 219 g/mol. The fourth-order valence-electron chi connectivity index (χ4n) is 2.39. The Morgan fingerprint density at radius 1 is 1.20 bits per heavy atom. The second kappa shape index (κ2) is 7.15. The van der Waals surface area contributed by atoms with Crippen molar-refractivity contribution in [2.75, 3.05) is 6.54 Å². The first-order chi connectivity index (χ1) is 7.24. The van der Waals surface area contributed by atoms with E-state index >= 15 is 0 Å². The van der Waals surface area contributed by atoms with Crippen LogP contribution in [0.1, 0.15) is 51.9 Å². The molecule has 1 unspecified atom stereocenters. The van der Waals surface area contributed by atoms with Gasteiger partial charge < -0.3 is 5.32 Å². The van der Waals surface area contributed by atoms with Crippen LogP contribution in [-0.2, 0) is 0 Å². The van der Waals surface area contributed by atoms with Crippen molar-refractivity contribution in [2.45, 2.75) is 64.3 Å². The highest BCUT2D eigenvalue weighted by molar-refractivity contribution is 4.76. The van der Waals surface area contributed by atoms with E-state index in [0.29, 0.717) is 18.9 Å². The lowest BCUT2D eigenvalue weighted by atomic mass is 9.85. The molecule has 1 aliphatic rings. The van der Waals surface area contributed by atoms with Crippen molar-refractivity contribution in [2.24, 2.45) is 5.92 Å². The number of hydrogen-bond donors (Lipinski definition) is 1. The predicted octanol–water partition coefficient (Wildman–Crippen LogP) is 3.59. The van der Waals surface area contributed by atoms with Crippen LogP contribution < -0.4 is 5.32 Å². The highest BCUT2D eigenvalue weighted by atomic mass is 19.3. The van der Waals surface area contributed by atoms with Crippen molar-refractivity contribution in [3.8, 4) is 0 Å². The van der Waals surface area contributed by atoms with Gasteiger partial charge in [-0.15, -0.1) is 0 Å². The molecule has 1 saturated carbocycles. The fourth-order valence-corrected chi connectivity index (χ4v) is 2.39. The Kier molecular flexibility index (Phi) is 6.15. The van der Waals surface area contributed by atoms with Gasteiger partial charge in [-0.05, 0) is 25.3 Å². The van der Waals surface area contributed by atoms with Crippen LogP contribution in [0.5, 0.6) is 0 Å². The molecule has 0 aromatic rings. The molecule has 0 aliphatic heterocycles. The summed E-state index contributed by atoms with van der Waals surface area (Å²) in [4.78, 5) is 0. The molecule has 1 atom stereocenters. The molecule has 15 heavy (non-hydrogen) atoms. The maximum Gasteiger partial charge on any atom is 0.253 e. The van der Waals surface area contributed by atoms with E-state index in [-0.39, 0.29) is 0 Å². The van der Waals surface area contributed by atoms with E-state index in [9.17, 15) is 8.78 Å². The number of alkyl halides is 2. The van der Waals surface area contributed by atoms with E-state index in [1.54, 1.807) is 0 Å². The summed E-state index contributed by atoms with van der Waals surface area (Å²) >= 11 is 0. The molecule has 0 bridgehead atoms. The normalized spacial score (nSPS) is 20.8. The second-order valence-electron chi connectivity index (χ2n) is 4.63. The molecular formula is C12H23F2N. The largest absolute Gasteiger partial charge is 0.309 e. The van der Waals surface area contributed by atoms with Crippen molar-refractivity contribution in [3.05, 3.63) is 0 Å². The van der Waals surface area contributed by atoms with Gasteiger partial charge in [-0.1, -0.05) is 39.0 Å². The van der Waals surface area contributed by atoms with Crippen molar-refractivity contribution in [1.82, 2.24) is 5.32 Å². The SMILES string of the molecule is CCCNC(CC1CCCCC1)C(F)F. The van der Waals surface area contributed by atoms with Crippen LogP contribution in [0.4, 0.5) is 8.78 Å². The minimum absolute atomic E-state index is 0.530. The summed E-state index contributed by atoms with van der Waals surface area (Å²) in [6.07, 6.45) is 5.43. The standard InChI is InChI=1S/C12H23F2N/c1-2-8-15-11(12(13)14)9-10-6-4-3-5-7-10/h10-12,15H,2-9H2,1H3. The Hall–Kier alpha value is -0.180. The summed E-state index contributed by atoms with van der Waals surface area (Å²) in [7, 11) is 0. The maximum atomic E-state index is 12.7. The van der Waals surface area contributed by atoms with Gasteiger partial charge in [-0.2, -0.15) is 0 Å². The third-order valence-electron chi connectivity index (χ3n) is 3.27. The average molecular weight is 219 g/mol. The molecule has 90 valence electrons. The van der Waals surface area contributed by atoms with E-state index in [1.807, 2.05) is 6.92 Å². The number of rotatable bonds is 6. The summed E-state index contributed by atoms with van der Waals surface area (Å²) in [6, 6.07) is -0.576. The van der Waals surface area contributed by atoms with Crippen molar-refractivity contribution in [1.29, 1.82) is 0 Å². The van der Waals surface area contributed by atoms with Gasteiger partial charge in [-0.3, -0.25) is 0 Å². The molecule has 0 radical (unpaired) electrons. The van der Waals surface area contributed by atoms with Gasteiger partial charge in [0.2, 0.25) is 0 Å². The highest BCUT2D eigenvalue weighted by Crippen LogP contribution is 2.28. The molecule has 1 nitrogen and oxygen atoms in total. The molecule has 1 aliphatic carbocycles. The van der Waals surface area contributed by atoms with Crippen LogP contribution in [0.25, 0.3) is 0 Å². The minimum atomic E-state index is -2.21. The van der Waals surface area contributed by atoms with Gasteiger partial charge in [0.15, 0.2) is 0 Å². The zero-order valence-electron chi connectivity index (χ0n) is 9.64. The molecule has 0 spiro atoms. The quantitative estimate of drug-likeness (QED) is 0.720. The highest BCUT2D eigenvalue weighted by Gasteiger charge is 2.24. The van der Waals surface area contributed by atoms with Gasteiger partial charge >= 0.3 is 0 Å². The summed E-state index contributed by atoms with van der Waals surface area (Å²) < 4.78 is 25.4. The Morgan fingerprint density at radius 2 is 1.87 bits per heavy atom. The van der Waals surface area contributed by atoms with E-state index in [1.165, 1.54) is 19.3 Å². The number of hydrogen-bond acceptors (Lipinski definition) is 1. The molecule has 1 N–H and O–H groups in total. The minimum Gasteiger partial charge on any atom is -0.309 e. The molecule has 0 aromatic carbocycles. The van der Waals surface area contributed by atoms with Gasteiger partial charge in [-0.25, -0.2) is 8.78 Å². The average Bonchev–Trinajstić information content (AvgIpc) is 2.25. The fraction of sp³-hybridized carbons (Fsp3) is 1.00. The smallest absolute Gasteiger partial charge is 0.253 e. The van der Waals surface area contributed by atoms with Crippen LogP contribution >= 0.6 is 0 Å². The van der Waals surface area contributed by atoms with Gasteiger partial charge in [0.25, 0.3) is 6.43 Å². The van der Waals surface area contributed by atoms with Crippen LogP contribution in [-0.4, -0.2) is 19.0 Å². The van der Waals surface area contributed by atoms with Crippen LogP contribution in [0.3, 0.4) is 0 Å². The molecule has 1 fully saturated rings. The van der Waals surface area contributed by atoms with Crippen LogP contribution in [0.2, 0.25) is 0 Å². The van der Waals surface area contributed by atoms with E-state index in [4.69, 9.17) is 0 Å². The lowest BCUT2D eigenvalue weighted by Gasteiger charge is -2.26. The summed E-state index contributed by atoms with van der Waals surface area (Å²) in [5.41, 5.74) is 0. The van der Waals surface area contributed by atoms with Crippen molar-refractivity contribution >= 4 is 0 Å². The van der Waals surface area contributed by atoms with E-state index < -0.39 is 12.5 Å². The number of nitrogens with one attached hydrogen (secondary N) is 1. The molecule has 0 heterocycles. The Labute approximate surface area is 91.6 Å². The lowest BCUT2D eigenvalue weighted by Crippen LogP contribution is -2.38. The van der Waals surface area contributed by atoms with Crippen LogP contribution in [0.15, 0.2) is 0 Å². The first kappa shape index (κ1) is 12.9. The van der Waals surface area contributed by atoms with Crippen molar-refractivity contribution < 1.29 is 8.78 Å². The third-order valence-corrected chi connectivity index (χ3v) is 3.27. The Bertz CT molecular complexity index is 156. The summed E-state index contributed by atoms with van der Waals surface area (Å²) in [5.74, 6) is 0.530. The first-order valence-corrected chi connectivity index (χ1v) is 6.25. The van der Waals surface area contributed by atoms with Crippen LogP contribution in [0, 0.1) is 5.92 Å². The Morgan fingerprint density at radius 3 is 2.40 bits per heavy atom. The van der Waals surface area contributed by atoms with E-state index in [2.05, 4.69) is 5.32 Å². The third kappa shape index (κ3) is 4.92. The summed E-state index contributed by atoms with van der Waals surface area (Å²) in [5, 5.41) is 2.97. The van der Waals surface area contributed by atoms with Crippen molar-refractivity contribution in [3.63, 3.8) is 0 Å². The zero-order valence-corrected chi connectivity index (χ0v) is 9.64. The Balaban J connectivity index is 2.28. The summed E-state index contributed by atoms with van der Waals surface area (Å²) in [6.45, 7) is 2.72. The van der Waals surface area contributed by atoms with Gasteiger partial charge in [0.1, 0.15) is 0 Å². The van der Waals surface area contributed by atoms with Gasteiger partial charge in [0, 0.05) is 0 Å². The second-order valence-corrected chi connectivity index (χ2v) is 4.63. The molecule has 1 rings (SSSR count). The first-order valence-electron chi connectivity index (χ1n) is 6.25. The molecular weight excluding hydrogens is 196 g/mol. The predicted molar refractivity (Wildman–Crippen MR) is 59.3 cm³/mol. The van der Waals surface area contributed by atoms with Gasteiger partial charge in [0.05, 0.1) is 6.04 Å². The topological polar surface area (TPSA) is 12.0 Å². The number of halogens is 2. The molecule has 0 aromatic heterocycles. The molecule has 0 saturated heterocycles. The molecule has 3 heteroatoms. The van der Waals surface area contributed by atoms with E-state index in [0.717, 1.165) is 19.3 Å². The zero-order chi connectivity index (χ0) is 11.1. The molecule has 0 amide bonds. The lowest BCUT2D eigenvalue weighted by molar-refractivity contribution is 0.0814.